The monoisotopic (exact) mass is 426 g/mol. The Morgan fingerprint density at radius 3 is 2.13 bits per heavy atom. The lowest BCUT2D eigenvalue weighted by molar-refractivity contribution is -0.146. The van der Waals surface area contributed by atoms with Gasteiger partial charge in [-0.15, -0.1) is 0 Å². The molecule has 31 heavy (non-hydrogen) atoms. The van der Waals surface area contributed by atoms with Gasteiger partial charge < -0.3 is 14.2 Å². The second-order valence-electron chi connectivity index (χ2n) is 8.19. The fraction of sp³-hybridized carbons (Fsp3) is 0.462. The number of carbonyl (C=O) groups excluding carboxylic acids is 2. The van der Waals surface area contributed by atoms with Crippen molar-refractivity contribution >= 4 is 11.8 Å². The number of Topliss-reactive ketones (excluding diaryl/α,β-unsaturated/α-hetero) is 1. The Bertz CT molecular complexity index is 852. The molecule has 2 aromatic carbocycles. The molecule has 0 saturated carbocycles. The molecular weight excluding hydrogens is 392 g/mol. The van der Waals surface area contributed by atoms with E-state index in [0.717, 1.165) is 27.8 Å². The minimum atomic E-state index is -0.958. The molecule has 0 spiro atoms. The number of benzene rings is 2. The summed E-state index contributed by atoms with van der Waals surface area (Å²) in [5.41, 5.74) is 4.73. The summed E-state index contributed by atoms with van der Waals surface area (Å²) in [5, 5.41) is 0. The largest absolute Gasteiger partial charge is 0.468 e. The van der Waals surface area contributed by atoms with Crippen LogP contribution in [0.15, 0.2) is 42.5 Å². The molecule has 168 valence electrons. The lowest BCUT2D eigenvalue weighted by Gasteiger charge is -2.25. The molecule has 5 heteroatoms. The number of hydrogen-bond acceptors (Lipinski definition) is 5. The minimum Gasteiger partial charge on any atom is -0.468 e. The maximum atomic E-state index is 13.3. The third-order valence-corrected chi connectivity index (χ3v) is 5.62. The van der Waals surface area contributed by atoms with E-state index in [1.54, 1.807) is 7.11 Å². The highest BCUT2D eigenvalue weighted by molar-refractivity contribution is 6.05. The van der Waals surface area contributed by atoms with Crippen LogP contribution in [0.25, 0.3) is 0 Å². The molecule has 0 radical (unpaired) electrons. The highest BCUT2D eigenvalue weighted by Gasteiger charge is 2.34. The van der Waals surface area contributed by atoms with Crippen LogP contribution in [0.2, 0.25) is 0 Å². The maximum Gasteiger partial charge on any atom is 0.320 e. The topological polar surface area (TPSA) is 61.8 Å². The number of ketones is 1. The lowest BCUT2D eigenvalue weighted by atomic mass is 9.84. The van der Waals surface area contributed by atoms with Crippen LogP contribution in [0.3, 0.4) is 0 Å². The van der Waals surface area contributed by atoms with E-state index in [2.05, 4.69) is 0 Å². The molecule has 0 aliphatic rings. The van der Waals surface area contributed by atoms with Gasteiger partial charge in [-0.1, -0.05) is 55.0 Å². The normalized spacial score (nSPS) is 14.0. The highest BCUT2D eigenvalue weighted by Crippen LogP contribution is 2.29. The quantitative estimate of drug-likeness (QED) is 0.385. The number of ether oxygens (including phenoxy) is 3. The molecule has 5 nitrogen and oxygen atoms in total. The summed E-state index contributed by atoms with van der Waals surface area (Å²) in [4.78, 5) is 25.9. The SMILES string of the molecule is COC(=O)C(C(=O)CC(OC)C(C)COCc1ccccc1)c1c(C)cc(C)cc1C. The van der Waals surface area contributed by atoms with Gasteiger partial charge in [0, 0.05) is 19.4 Å². The number of methoxy groups -OCH3 is 2. The van der Waals surface area contributed by atoms with Gasteiger partial charge in [0.2, 0.25) is 0 Å². The fourth-order valence-electron chi connectivity index (χ4n) is 4.05. The summed E-state index contributed by atoms with van der Waals surface area (Å²) in [6.45, 7) is 8.78. The van der Waals surface area contributed by atoms with Crippen molar-refractivity contribution in [2.24, 2.45) is 5.92 Å². The smallest absolute Gasteiger partial charge is 0.320 e. The van der Waals surface area contributed by atoms with Crippen LogP contribution in [0, 0.1) is 26.7 Å². The fourth-order valence-corrected chi connectivity index (χ4v) is 4.05. The number of rotatable bonds is 11. The molecule has 0 bridgehead atoms. The first-order valence-corrected chi connectivity index (χ1v) is 10.6. The van der Waals surface area contributed by atoms with Crippen molar-refractivity contribution in [3.8, 4) is 0 Å². The van der Waals surface area contributed by atoms with E-state index in [-0.39, 0.29) is 24.2 Å². The predicted octanol–water partition coefficient (Wildman–Crippen LogP) is 4.70. The summed E-state index contributed by atoms with van der Waals surface area (Å²) in [7, 11) is 2.90. The molecule has 2 aromatic rings. The zero-order chi connectivity index (χ0) is 23.0. The Labute approximate surface area is 185 Å². The van der Waals surface area contributed by atoms with Crippen molar-refractivity contribution in [1.82, 2.24) is 0 Å². The van der Waals surface area contributed by atoms with Gasteiger partial charge in [0.05, 0.1) is 26.4 Å². The van der Waals surface area contributed by atoms with E-state index >= 15 is 0 Å². The van der Waals surface area contributed by atoms with Crippen molar-refractivity contribution in [3.63, 3.8) is 0 Å². The molecule has 0 heterocycles. The maximum absolute atomic E-state index is 13.3. The average Bonchev–Trinajstić information content (AvgIpc) is 2.74. The number of hydrogen-bond donors (Lipinski definition) is 0. The van der Waals surface area contributed by atoms with Crippen LogP contribution >= 0.6 is 0 Å². The Morgan fingerprint density at radius 1 is 0.968 bits per heavy atom. The highest BCUT2D eigenvalue weighted by atomic mass is 16.5. The standard InChI is InChI=1S/C26H34O5/c1-17-12-18(2)24(19(3)13-17)25(26(28)30-6)22(27)14-23(29-5)20(4)15-31-16-21-10-8-7-9-11-21/h7-13,20,23,25H,14-16H2,1-6H3. The van der Waals surface area contributed by atoms with E-state index in [9.17, 15) is 9.59 Å². The van der Waals surface area contributed by atoms with Gasteiger partial charge in [0.25, 0.3) is 0 Å². The van der Waals surface area contributed by atoms with Crippen molar-refractivity contribution in [2.75, 3.05) is 20.8 Å². The van der Waals surface area contributed by atoms with Crippen molar-refractivity contribution in [2.45, 2.75) is 52.7 Å². The van der Waals surface area contributed by atoms with Gasteiger partial charge in [-0.3, -0.25) is 9.59 Å². The number of aryl methyl sites for hydroxylation is 3. The second kappa shape index (κ2) is 11.8. The molecular formula is C26H34O5. The summed E-state index contributed by atoms with van der Waals surface area (Å²) >= 11 is 0. The van der Waals surface area contributed by atoms with E-state index in [1.165, 1.54) is 7.11 Å². The molecule has 0 N–H and O–H groups in total. The van der Waals surface area contributed by atoms with Gasteiger partial charge in [0.1, 0.15) is 5.92 Å². The molecule has 2 rings (SSSR count). The zero-order valence-corrected chi connectivity index (χ0v) is 19.4. The molecule has 0 fully saturated rings. The average molecular weight is 427 g/mol. The van der Waals surface area contributed by atoms with Crippen LogP contribution in [0.4, 0.5) is 0 Å². The predicted molar refractivity (Wildman–Crippen MR) is 121 cm³/mol. The Morgan fingerprint density at radius 2 is 1.58 bits per heavy atom. The molecule has 0 saturated heterocycles. The molecule has 0 amide bonds. The van der Waals surface area contributed by atoms with Crippen molar-refractivity contribution in [3.05, 3.63) is 70.3 Å². The van der Waals surface area contributed by atoms with Crippen molar-refractivity contribution < 1.29 is 23.8 Å². The van der Waals surface area contributed by atoms with E-state index in [4.69, 9.17) is 14.2 Å². The molecule has 3 atom stereocenters. The number of carbonyl (C=O) groups is 2. The molecule has 0 aromatic heterocycles. The summed E-state index contributed by atoms with van der Waals surface area (Å²) < 4.78 is 16.4. The molecule has 0 aliphatic heterocycles. The molecule has 0 aliphatic carbocycles. The summed E-state index contributed by atoms with van der Waals surface area (Å²) in [6, 6.07) is 13.9. The van der Waals surface area contributed by atoms with E-state index < -0.39 is 11.9 Å². The Kier molecular flexibility index (Phi) is 9.41. The zero-order valence-electron chi connectivity index (χ0n) is 19.4. The van der Waals surface area contributed by atoms with Crippen LogP contribution in [0.1, 0.15) is 47.1 Å². The van der Waals surface area contributed by atoms with Gasteiger partial charge in [-0.25, -0.2) is 0 Å². The van der Waals surface area contributed by atoms with Gasteiger partial charge in [-0.05, 0) is 43.0 Å². The molecule has 3 unspecified atom stereocenters. The van der Waals surface area contributed by atoms with E-state index in [0.29, 0.717) is 13.2 Å². The lowest BCUT2D eigenvalue weighted by Crippen LogP contribution is -2.32. The summed E-state index contributed by atoms with van der Waals surface area (Å²) in [5.74, 6) is -1.72. The first kappa shape index (κ1) is 24.8. The van der Waals surface area contributed by atoms with Gasteiger partial charge in [0.15, 0.2) is 5.78 Å². The van der Waals surface area contributed by atoms with Gasteiger partial charge >= 0.3 is 5.97 Å². The third kappa shape index (κ3) is 6.74. The van der Waals surface area contributed by atoms with Crippen LogP contribution in [0.5, 0.6) is 0 Å². The van der Waals surface area contributed by atoms with Gasteiger partial charge in [-0.2, -0.15) is 0 Å². The van der Waals surface area contributed by atoms with Crippen LogP contribution < -0.4 is 0 Å². The second-order valence-corrected chi connectivity index (χ2v) is 8.19. The van der Waals surface area contributed by atoms with E-state index in [1.807, 2.05) is 70.2 Å². The Hall–Kier alpha value is -2.50. The third-order valence-electron chi connectivity index (χ3n) is 5.62. The first-order chi connectivity index (χ1) is 14.8. The van der Waals surface area contributed by atoms with Crippen molar-refractivity contribution in [1.29, 1.82) is 0 Å². The first-order valence-electron chi connectivity index (χ1n) is 10.6. The summed E-state index contributed by atoms with van der Waals surface area (Å²) in [6.07, 6.45) is -0.250. The van der Waals surface area contributed by atoms with Crippen LogP contribution in [-0.4, -0.2) is 38.7 Å². The van der Waals surface area contributed by atoms with Crippen LogP contribution in [-0.2, 0) is 30.4 Å². The number of esters is 1. The Balaban J connectivity index is 2.11. The minimum absolute atomic E-state index is 0.0174.